The van der Waals surface area contributed by atoms with Crippen LogP contribution < -0.4 is 0 Å². The number of hydrogen-bond acceptors (Lipinski definition) is 2. The van der Waals surface area contributed by atoms with Crippen molar-refractivity contribution >= 4 is 149 Å². The van der Waals surface area contributed by atoms with Gasteiger partial charge in [-0.3, -0.25) is 0 Å². The molecule has 0 aliphatic heterocycles. The Hall–Kier alpha value is -13.1. The average molecular weight is 1460 g/mol. The van der Waals surface area contributed by atoms with Crippen LogP contribution in [-0.4, -0.2) is 0 Å². The van der Waals surface area contributed by atoms with Crippen molar-refractivity contribution in [3.63, 3.8) is 0 Å². The third-order valence-corrected chi connectivity index (χ3v) is 28.1. The molecule has 0 saturated heterocycles. The van der Waals surface area contributed by atoms with Crippen LogP contribution in [0.1, 0.15) is 49.9 Å². The maximum Gasteiger partial charge on any atom is 0.0440 e. The molecule has 2 aliphatic rings. The normalized spacial score (nSPS) is 13.5. The molecule has 0 fully saturated rings. The third kappa shape index (κ3) is 9.22. The van der Waals surface area contributed by atoms with Crippen LogP contribution in [0.2, 0.25) is 0 Å². The van der Waals surface area contributed by atoms with Crippen molar-refractivity contribution in [2.75, 3.05) is 0 Å². The Balaban J connectivity index is 0.625. The molecule has 0 saturated carbocycles. The maximum absolute atomic E-state index is 2.59. The second-order valence-corrected chi connectivity index (χ2v) is 34.5. The van der Waals surface area contributed by atoms with Gasteiger partial charge in [0.1, 0.15) is 0 Å². The molecule has 0 spiro atoms. The van der Waals surface area contributed by atoms with Gasteiger partial charge in [-0.15, -0.1) is 22.7 Å². The molecule has 522 valence electrons. The first-order chi connectivity index (χ1) is 55.0. The summed E-state index contributed by atoms with van der Waals surface area (Å²) in [5.74, 6) is 0. The molecule has 20 aromatic carbocycles. The van der Waals surface area contributed by atoms with Gasteiger partial charge in [-0.2, -0.15) is 0 Å². The highest BCUT2D eigenvalue weighted by Crippen LogP contribution is 2.60. The number of thiophene rings is 2. The van der Waals surface area contributed by atoms with Crippen LogP contribution in [0.15, 0.2) is 352 Å². The van der Waals surface area contributed by atoms with Gasteiger partial charge in [0.2, 0.25) is 0 Å². The summed E-state index contributed by atoms with van der Waals surface area (Å²) in [6.07, 6.45) is 0. The first-order valence-corrected chi connectivity index (χ1v) is 40.9. The zero-order chi connectivity index (χ0) is 74.0. The first kappa shape index (κ1) is 63.8. The monoisotopic (exact) mass is 1450 g/mol. The van der Waals surface area contributed by atoms with E-state index in [1.165, 1.54) is 249 Å². The quantitative estimate of drug-likeness (QED) is 0.140. The van der Waals surface area contributed by atoms with Gasteiger partial charge in [-0.25, -0.2) is 0 Å². The molecule has 22 aromatic rings. The van der Waals surface area contributed by atoms with Crippen molar-refractivity contribution in [1.82, 2.24) is 0 Å². The molecule has 2 heteroatoms. The third-order valence-electron chi connectivity index (χ3n) is 25.7. The smallest absolute Gasteiger partial charge is 0.0440 e. The average Bonchev–Trinajstić information content (AvgIpc) is 1.50. The fourth-order valence-electron chi connectivity index (χ4n) is 20.4. The van der Waals surface area contributed by atoms with Crippen molar-refractivity contribution < 1.29 is 0 Å². The van der Waals surface area contributed by atoms with E-state index < -0.39 is 0 Å². The second kappa shape index (κ2) is 23.7. The molecule has 24 rings (SSSR count). The summed E-state index contributed by atoms with van der Waals surface area (Å²) in [6.45, 7) is 9.75. The van der Waals surface area contributed by atoms with Crippen molar-refractivity contribution in [3.05, 3.63) is 374 Å². The zero-order valence-corrected chi connectivity index (χ0v) is 63.9. The molecular formula is C110H70S2. The standard InChI is InChI=1S/C110H70S2/c1-109(2)94-50-46-75(58-90(94)91-60-93-99(62-96(91)109)111-98-52-48-65-22-7-9-29-78(65)104(93)98)102-84-35-15-11-31-80(84)101(81-32-12-16-36-85(81)102)74-28-20-26-69(55-74)71-43-40-64-41-44-72(57-77(64)56-71)89-61-97-105(106-88-49-45-66-23-8-10-30-79(66)107(88)112-108(89)106)92-59-76(47-51-95(92)110(97,3)4)103-86-37-17-13-33-82(86)100(83-34-14-18-38-87(83)103)73-27-19-25-68(54-73)70-42-39-63-21-5-6-24-67(63)53-70/h5-62H,1-4H3. The van der Waals surface area contributed by atoms with E-state index in [0.717, 1.165) is 0 Å². The molecule has 2 heterocycles. The number of rotatable bonds is 7. The molecule has 0 bridgehead atoms. The first-order valence-electron chi connectivity index (χ1n) is 39.2. The molecule has 0 N–H and O–H groups in total. The molecule has 0 radical (unpaired) electrons. The predicted molar refractivity (Wildman–Crippen MR) is 485 cm³/mol. The predicted octanol–water partition coefficient (Wildman–Crippen LogP) is 31.9. The Morgan fingerprint density at radius 3 is 1.16 bits per heavy atom. The Morgan fingerprint density at radius 2 is 0.580 bits per heavy atom. The van der Waals surface area contributed by atoms with Crippen LogP contribution in [-0.2, 0) is 10.8 Å². The van der Waals surface area contributed by atoms with E-state index in [-0.39, 0.29) is 10.8 Å². The fraction of sp³-hybridized carbons (Fsp3) is 0.0545. The topological polar surface area (TPSA) is 0 Å². The van der Waals surface area contributed by atoms with Crippen LogP contribution in [0.3, 0.4) is 0 Å². The van der Waals surface area contributed by atoms with E-state index in [1.807, 2.05) is 22.7 Å². The van der Waals surface area contributed by atoms with E-state index in [4.69, 9.17) is 0 Å². The number of benzene rings is 20. The number of fused-ring (bicyclic) bond motifs is 23. The van der Waals surface area contributed by atoms with Crippen LogP contribution >= 0.6 is 22.7 Å². The van der Waals surface area contributed by atoms with E-state index in [1.54, 1.807) is 0 Å². The molecule has 0 atom stereocenters. The van der Waals surface area contributed by atoms with Crippen LogP contribution in [0.5, 0.6) is 0 Å². The molecule has 2 aliphatic carbocycles. The summed E-state index contributed by atoms with van der Waals surface area (Å²) in [5, 5.41) is 25.5. The van der Waals surface area contributed by atoms with Gasteiger partial charge in [0, 0.05) is 51.2 Å². The minimum atomic E-state index is -0.302. The second-order valence-electron chi connectivity index (χ2n) is 32.4. The lowest BCUT2D eigenvalue weighted by Crippen LogP contribution is -2.15. The van der Waals surface area contributed by atoms with E-state index in [0.29, 0.717) is 0 Å². The minimum absolute atomic E-state index is 0.148. The Morgan fingerprint density at radius 1 is 0.179 bits per heavy atom. The van der Waals surface area contributed by atoms with E-state index in [9.17, 15) is 0 Å². The summed E-state index contributed by atoms with van der Waals surface area (Å²) in [7, 11) is 0. The zero-order valence-electron chi connectivity index (χ0n) is 62.3. The SMILES string of the molecule is CC1(C)c2ccc(-c3c4ccccc4c(-c4cccc(-c5ccc6ccc(-c7cc8c(c9c7sc7c%10ccccc%10ccc79)-c7cc(-c9c%10ccccc%10c(-c%10cccc(-c%11ccc%12ccccc%12c%11)c%10)c%10ccccc9%10)ccc7C8(C)C)cc6c5)c4)c4ccccc34)cc2-c2cc3c(cc21)sc1ccc2ccccc2c13. The summed E-state index contributed by atoms with van der Waals surface area (Å²) < 4.78 is 5.36. The van der Waals surface area contributed by atoms with Gasteiger partial charge in [-0.05, 0) is 275 Å². The van der Waals surface area contributed by atoms with Crippen LogP contribution in [0.4, 0.5) is 0 Å². The Kier molecular flexibility index (Phi) is 13.5. The van der Waals surface area contributed by atoms with Gasteiger partial charge >= 0.3 is 0 Å². The van der Waals surface area contributed by atoms with Gasteiger partial charge in [0.05, 0.1) is 0 Å². The summed E-state index contributed by atoms with van der Waals surface area (Å²) in [5.41, 5.74) is 27.7. The van der Waals surface area contributed by atoms with Crippen molar-refractivity contribution in [1.29, 1.82) is 0 Å². The van der Waals surface area contributed by atoms with Crippen molar-refractivity contribution in [2.45, 2.75) is 38.5 Å². The highest BCUT2D eigenvalue weighted by atomic mass is 32.1. The van der Waals surface area contributed by atoms with Crippen LogP contribution in [0.25, 0.3) is 227 Å². The highest BCUT2D eigenvalue weighted by molar-refractivity contribution is 7.27. The molecule has 2 aromatic heterocycles. The molecule has 0 nitrogen and oxygen atoms in total. The van der Waals surface area contributed by atoms with Gasteiger partial charge < -0.3 is 0 Å². The Bertz CT molecular complexity index is 7830. The lowest BCUT2D eigenvalue weighted by molar-refractivity contribution is 0.661. The summed E-state index contributed by atoms with van der Waals surface area (Å²) in [6, 6.07) is 135. The lowest BCUT2D eigenvalue weighted by atomic mass is 9.80. The van der Waals surface area contributed by atoms with E-state index >= 15 is 0 Å². The summed E-state index contributed by atoms with van der Waals surface area (Å²) >= 11 is 3.89. The van der Waals surface area contributed by atoms with Gasteiger partial charge in [0.15, 0.2) is 0 Å². The Labute approximate surface area is 657 Å². The van der Waals surface area contributed by atoms with E-state index in [2.05, 4.69) is 380 Å². The highest BCUT2D eigenvalue weighted by Gasteiger charge is 2.40. The van der Waals surface area contributed by atoms with Crippen LogP contribution in [0, 0.1) is 0 Å². The maximum atomic E-state index is 2.59. The molecule has 112 heavy (non-hydrogen) atoms. The summed E-state index contributed by atoms with van der Waals surface area (Å²) in [4.78, 5) is 0. The minimum Gasteiger partial charge on any atom is -0.135 e. The largest absolute Gasteiger partial charge is 0.135 e. The van der Waals surface area contributed by atoms with Gasteiger partial charge in [-0.1, -0.05) is 313 Å². The fourth-order valence-corrected chi connectivity index (χ4v) is 22.9. The van der Waals surface area contributed by atoms with Crippen molar-refractivity contribution in [2.24, 2.45) is 0 Å². The molecule has 0 amide bonds. The van der Waals surface area contributed by atoms with Gasteiger partial charge in [0.25, 0.3) is 0 Å². The molecule has 0 unspecified atom stereocenters. The number of hydrogen-bond donors (Lipinski definition) is 0. The van der Waals surface area contributed by atoms with Crippen molar-refractivity contribution in [3.8, 4) is 100 Å². The molecular weight excluding hydrogens is 1390 g/mol. The lowest BCUT2D eigenvalue weighted by Gasteiger charge is -2.23.